The van der Waals surface area contributed by atoms with Gasteiger partial charge in [-0.25, -0.2) is 0 Å². The van der Waals surface area contributed by atoms with Gasteiger partial charge < -0.3 is 10.2 Å². The number of phenolic OH excluding ortho intramolecular Hbond substituents is 2. The third-order valence-electron chi connectivity index (χ3n) is 4.13. The predicted molar refractivity (Wildman–Crippen MR) is 104 cm³/mol. The van der Waals surface area contributed by atoms with E-state index in [9.17, 15) is 15.0 Å². The Bertz CT molecular complexity index is 936. The first-order valence-electron chi connectivity index (χ1n) is 8.05. The third-order valence-corrected chi connectivity index (χ3v) is 4.57. The van der Waals surface area contributed by atoms with Crippen LogP contribution in [-0.4, -0.2) is 16.0 Å². The fourth-order valence-electron chi connectivity index (χ4n) is 2.80. The molecule has 0 unspecified atom stereocenters. The summed E-state index contributed by atoms with van der Waals surface area (Å²) in [4.78, 5) is 12.6. The standard InChI is InChI=1S/C21H16Cl2O3/c1-2-12-3-5-13(6-4-12)21(26)15-9-18(24)20(19(25)10-15)14-7-16(22)11-17(23)8-14/h3-11,24-25H,2H2,1H3. The van der Waals surface area contributed by atoms with Crippen molar-refractivity contribution < 1.29 is 15.0 Å². The number of hydrogen-bond acceptors (Lipinski definition) is 3. The second-order valence-corrected chi connectivity index (χ2v) is 6.80. The SMILES string of the molecule is CCc1ccc(C(=O)c2cc(O)c(-c3cc(Cl)cc(Cl)c3)c(O)c2)cc1. The zero-order valence-corrected chi connectivity index (χ0v) is 15.5. The number of carbonyl (C=O) groups excluding carboxylic acids is 1. The average molecular weight is 387 g/mol. The van der Waals surface area contributed by atoms with Crippen molar-refractivity contribution in [1.29, 1.82) is 0 Å². The number of phenols is 2. The first kappa shape index (κ1) is 18.3. The van der Waals surface area contributed by atoms with Crippen molar-refractivity contribution in [1.82, 2.24) is 0 Å². The highest BCUT2D eigenvalue weighted by atomic mass is 35.5. The number of aromatic hydroxyl groups is 2. The zero-order valence-electron chi connectivity index (χ0n) is 14.0. The fourth-order valence-corrected chi connectivity index (χ4v) is 3.32. The second kappa shape index (κ2) is 7.40. The summed E-state index contributed by atoms with van der Waals surface area (Å²) in [6.07, 6.45) is 0.882. The van der Waals surface area contributed by atoms with Crippen molar-refractivity contribution in [3.63, 3.8) is 0 Å². The molecule has 3 aromatic carbocycles. The van der Waals surface area contributed by atoms with Crippen LogP contribution in [0.4, 0.5) is 0 Å². The number of halogens is 2. The van der Waals surface area contributed by atoms with Gasteiger partial charge in [-0.2, -0.15) is 0 Å². The van der Waals surface area contributed by atoms with E-state index in [0.717, 1.165) is 12.0 Å². The maximum atomic E-state index is 12.6. The largest absolute Gasteiger partial charge is 0.507 e. The molecule has 0 atom stereocenters. The molecule has 5 heteroatoms. The summed E-state index contributed by atoms with van der Waals surface area (Å²) < 4.78 is 0. The smallest absolute Gasteiger partial charge is 0.193 e. The van der Waals surface area contributed by atoms with Gasteiger partial charge in [0.15, 0.2) is 5.78 Å². The molecular weight excluding hydrogens is 371 g/mol. The highest BCUT2D eigenvalue weighted by Crippen LogP contribution is 2.40. The van der Waals surface area contributed by atoms with Gasteiger partial charge in [-0.1, -0.05) is 54.4 Å². The van der Waals surface area contributed by atoms with Crippen LogP contribution in [0.1, 0.15) is 28.4 Å². The van der Waals surface area contributed by atoms with Crippen LogP contribution in [0.5, 0.6) is 11.5 Å². The van der Waals surface area contributed by atoms with E-state index < -0.39 is 0 Å². The summed E-state index contributed by atoms with van der Waals surface area (Å²) in [5.41, 5.74) is 2.44. The molecule has 0 bridgehead atoms. The summed E-state index contributed by atoms with van der Waals surface area (Å²) in [5, 5.41) is 21.5. The molecule has 0 saturated carbocycles. The van der Waals surface area contributed by atoms with E-state index in [1.807, 2.05) is 19.1 Å². The van der Waals surface area contributed by atoms with Gasteiger partial charge in [0.2, 0.25) is 0 Å². The summed E-state index contributed by atoms with van der Waals surface area (Å²) in [6, 6.07) is 14.6. The lowest BCUT2D eigenvalue weighted by molar-refractivity contribution is 0.103. The lowest BCUT2D eigenvalue weighted by Crippen LogP contribution is -2.01. The predicted octanol–water partition coefficient (Wildman–Crippen LogP) is 5.87. The molecule has 0 spiro atoms. The van der Waals surface area contributed by atoms with E-state index in [-0.39, 0.29) is 28.4 Å². The van der Waals surface area contributed by atoms with Crippen molar-refractivity contribution in [2.45, 2.75) is 13.3 Å². The third kappa shape index (κ3) is 3.69. The minimum atomic E-state index is -0.283. The van der Waals surface area contributed by atoms with E-state index in [1.165, 1.54) is 12.1 Å². The minimum absolute atomic E-state index is 0.173. The van der Waals surface area contributed by atoms with Gasteiger partial charge in [0.25, 0.3) is 0 Å². The molecule has 0 amide bonds. The molecular formula is C21H16Cl2O3. The van der Waals surface area contributed by atoms with Gasteiger partial charge in [0, 0.05) is 21.2 Å². The van der Waals surface area contributed by atoms with Crippen LogP contribution in [-0.2, 0) is 6.42 Å². The van der Waals surface area contributed by atoms with E-state index in [0.29, 0.717) is 21.2 Å². The summed E-state index contributed by atoms with van der Waals surface area (Å²) in [5.74, 6) is -0.734. The van der Waals surface area contributed by atoms with E-state index in [2.05, 4.69) is 0 Å². The number of carbonyl (C=O) groups is 1. The quantitative estimate of drug-likeness (QED) is 0.551. The Kier molecular flexibility index (Phi) is 5.21. The maximum Gasteiger partial charge on any atom is 0.193 e. The molecule has 0 aromatic heterocycles. The molecule has 0 aliphatic heterocycles. The first-order chi connectivity index (χ1) is 12.4. The first-order valence-corrected chi connectivity index (χ1v) is 8.80. The molecule has 3 rings (SSSR count). The molecule has 0 aliphatic carbocycles. The highest BCUT2D eigenvalue weighted by molar-refractivity contribution is 6.35. The molecule has 3 nitrogen and oxygen atoms in total. The van der Waals surface area contributed by atoms with Crippen molar-refractivity contribution in [2.24, 2.45) is 0 Å². The van der Waals surface area contributed by atoms with Gasteiger partial charge in [-0.15, -0.1) is 0 Å². The minimum Gasteiger partial charge on any atom is -0.507 e. The van der Waals surface area contributed by atoms with Gasteiger partial charge in [0.05, 0.1) is 5.56 Å². The van der Waals surface area contributed by atoms with Crippen molar-refractivity contribution in [3.05, 3.63) is 81.3 Å². The zero-order chi connectivity index (χ0) is 18.8. The Morgan fingerprint density at radius 1 is 0.846 bits per heavy atom. The highest BCUT2D eigenvalue weighted by Gasteiger charge is 2.17. The Morgan fingerprint density at radius 2 is 1.38 bits per heavy atom. The van der Waals surface area contributed by atoms with Crippen LogP contribution < -0.4 is 0 Å². The number of ketones is 1. The van der Waals surface area contributed by atoms with Crippen molar-refractivity contribution in [3.8, 4) is 22.6 Å². The Labute approximate surface area is 161 Å². The molecule has 0 fully saturated rings. The van der Waals surface area contributed by atoms with Crippen LogP contribution in [0.2, 0.25) is 10.0 Å². The Balaban J connectivity index is 2.02. The van der Waals surface area contributed by atoms with Crippen LogP contribution in [0, 0.1) is 0 Å². The maximum absolute atomic E-state index is 12.6. The monoisotopic (exact) mass is 386 g/mol. The fraction of sp³-hybridized carbons (Fsp3) is 0.0952. The van der Waals surface area contributed by atoms with Gasteiger partial charge in [-0.05, 0) is 47.9 Å². The molecule has 3 aromatic rings. The van der Waals surface area contributed by atoms with E-state index in [4.69, 9.17) is 23.2 Å². The molecule has 2 N–H and O–H groups in total. The molecule has 0 aliphatic rings. The van der Waals surface area contributed by atoms with Gasteiger partial charge in [0.1, 0.15) is 11.5 Å². The summed E-state index contributed by atoms with van der Waals surface area (Å²) in [7, 11) is 0. The number of hydrogen-bond donors (Lipinski definition) is 2. The molecule has 0 radical (unpaired) electrons. The van der Waals surface area contributed by atoms with Crippen molar-refractivity contribution in [2.75, 3.05) is 0 Å². The second-order valence-electron chi connectivity index (χ2n) is 5.93. The topological polar surface area (TPSA) is 57.5 Å². The molecule has 0 saturated heterocycles. The lowest BCUT2D eigenvalue weighted by Gasteiger charge is -2.11. The van der Waals surface area contributed by atoms with Crippen LogP contribution in [0.25, 0.3) is 11.1 Å². The number of benzene rings is 3. The molecule has 0 heterocycles. The summed E-state index contributed by atoms with van der Waals surface area (Å²) >= 11 is 12.0. The van der Waals surface area contributed by atoms with Crippen LogP contribution >= 0.6 is 23.2 Å². The van der Waals surface area contributed by atoms with Crippen LogP contribution in [0.3, 0.4) is 0 Å². The summed E-state index contributed by atoms with van der Waals surface area (Å²) in [6.45, 7) is 2.04. The van der Waals surface area contributed by atoms with Crippen molar-refractivity contribution >= 4 is 29.0 Å². The Morgan fingerprint density at radius 3 is 1.88 bits per heavy atom. The average Bonchev–Trinajstić information content (AvgIpc) is 2.59. The van der Waals surface area contributed by atoms with Gasteiger partial charge >= 0.3 is 0 Å². The Hall–Kier alpha value is -2.49. The van der Waals surface area contributed by atoms with E-state index >= 15 is 0 Å². The van der Waals surface area contributed by atoms with Gasteiger partial charge in [-0.3, -0.25) is 4.79 Å². The number of aryl methyl sites for hydroxylation is 1. The lowest BCUT2D eigenvalue weighted by atomic mass is 9.96. The molecule has 132 valence electrons. The van der Waals surface area contributed by atoms with E-state index in [1.54, 1.807) is 30.3 Å². The molecule has 26 heavy (non-hydrogen) atoms. The normalized spacial score (nSPS) is 10.7. The van der Waals surface area contributed by atoms with Crippen LogP contribution in [0.15, 0.2) is 54.6 Å². The number of rotatable bonds is 4.